The molecule has 0 bridgehead atoms. The molecule has 0 saturated heterocycles. The molecular weight excluding hydrogens is 266 g/mol. The summed E-state index contributed by atoms with van der Waals surface area (Å²) < 4.78 is 1.40. The van der Waals surface area contributed by atoms with Gasteiger partial charge in [0.2, 0.25) is 0 Å². The van der Waals surface area contributed by atoms with Crippen molar-refractivity contribution in [2.45, 2.75) is 19.4 Å². The van der Waals surface area contributed by atoms with Crippen molar-refractivity contribution in [1.82, 2.24) is 24.9 Å². The van der Waals surface area contributed by atoms with Crippen molar-refractivity contribution < 1.29 is 0 Å². The molecule has 0 spiro atoms. The molecule has 0 fully saturated rings. The molecule has 2 aromatic heterocycles. The third kappa shape index (κ3) is 1.95. The van der Waals surface area contributed by atoms with Crippen LogP contribution >= 0.6 is 0 Å². The topological polar surface area (TPSA) is 75.1 Å². The van der Waals surface area contributed by atoms with E-state index < -0.39 is 0 Å². The summed E-state index contributed by atoms with van der Waals surface area (Å²) in [6.45, 7) is 3.46. The number of aromatic nitrogens is 4. The number of benzene rings is 1. The van der Waals surface area contributed by atoms with Crippen LogP contribution in [-0.2, 0) is 6.54 Å². The van der Waals surface area contributed by atoms with E-state index >= 15 is 0 Å². The molecule has 21 heavy (non-hydrogen) atoms. The predicted molar refractivity (Wildman–Crippen MR) is 78.3 cm³/mol. The lowest BCUT2D eigenvalue weighted by Gasteiger charge is -2.24. The quantitative estimate of drug-likeness (QED) is 0.696. The molecular formula is C15H15N5O. The van der Waals surface area contributed by atoms with Crippen LogP contribution < -0.4 is 10.9 Å². The van der Waals surface area contributed by atoms with Gasteiger partial charge >= 0.3 is 0 Å². The molecule has 6 heteroatoms. The van der Waals surface area contributed by atoms with Gasteiger partial charge in [0.25, 0.3) is 11.3 Å². The lowest BCUT2D eigenvalue weighted by atomic mass is 9.90. The summed E-state index contributed by atoms with van der Waals surface area (Å²) in [6.07, 6.45) is 0. The minimum Gasteiger partial charge on any atom is -0.312 e. The lowest BCUT2D eigenvalue weighted by Crippen LogP contribution is -2.29. The minimum absolute atomic E-state index is 0.108. The van der Waals surface area contributed by atoms with Gasteiger partial charge in [0.05, 0.1) is 5.92 Å². The van der Waals surface area contributed by atoms with Crippen LogP contribution in [0.15, 0.2) is 35.1 Å². The minimum atomic E-state index is -0.131. The second kappa shape index (κ2) is 4.53. The molecule has 2 N–H and O–H groups in total. The van der Waals surface area contributed by atoms with E-state index in [4.69, 9.17) is 0 Å². The molecule has 6 nitrogen and oxygen atoms in total. The summed E-state index contributed by atoms with van der Waals surface area (Å²) in [4.78, 5) is 20.8. The van der Waals surface area contributed by atoms with E-state index in [9.17, 15) is 4.79 Å². The van der Waals surface area contributed by atoms with Gasteiger partial charge in [0.1, 0.15) is 5.82 Å². The van der Waals surface area contributed by atoms with E-state index in [1.165, 1.54) is 21.7 Å². The van der Waals surface area contributed by atoms with Gasteiger partial charge in [-0.25, -0.2) is 4.98 Å². The Labute approximate surface area is 120 Å². The Morgan fingerprint density at radius 2 is 2.14 bits per heavy atom. The van der Waals surface area contributed by atoms with E-state index in [1.807, 2.05) is 12.1 Å². The van der Waals surface area contributed by atoms with Gasteiger partial charge in [-0.15, -0.1) is 0 Å². The van der Waals surface area contributed by atoms with Gasteiger partial charge in [-0.3, -0.25) is 9.89 Å². The number of nitrogens with zero attached hydrogens (tertiary/aromatic N) is 3. The molecule has 1 atom stereocenters. The van der Waals surface area contributed by atoms with E-state index in [-0.39, 0.29) is 11.5 Å². The Hall–Kier alpha value is -2.47. The van der Waals surface area contributed by atoms with Gasteiger partial charge in [-0.05, 0) is 18.1 Å². The molecule has 1 aliphatic heterocycles. The van der Waals surface area contributed by atoms with E-state index in [2.05, 4.69) is 32.5 Å². The Bertz CT molecular complexity index is 879. The van der Waals surface area contributed by atoms with Gasteiger partial charge < -0.3 is 5.32 Å². The fraction of sp³-hybridized carbons (Fsp3) is 0.267. The maximum Gasteiger partial charge on any atom is 0.274 e. The van der Waals surface area contributed by atoms with Gasteiger partial charge in [0, 0.05) is 24.8 Å². The Balaban J connectivity index is 1.88. The highest BCUT2D eigenvalue weighted by molar-refractivity contribution is 5.38. The van der Waals surface area contributed by atoms with Crippen molar-refractivity contribution in [2.24, 2.45) is 0 Å². The maximum absolute atomic E-state index is 12.0. The molecule has 1 aliphatic rings. The number of aryl methyl sites for hydroxylation is 1. The Kier molecular flexibility index (Phi) is 2.65. The van der Waals surface area contributed by atoms with Crippen LogP contribution in [0, 0.1) is 6.92 Å². The highest BCUT2D eigenvalue weighted by atomic mass is 16.1. The van der Waals surface area contributed by atoms with Crippen molar-refractivity contribution >= 4 is 5.78 Å². The first-order valence-electron chi connectivity index (χ1n) is 6.97. The van der Waals surface area contributed by atoms with E-state index in [0.717, 1.165) is 18.9 Å². The van der Waals surface area contributed by atoms with Crippen LogP contribution in [0.4, 0.5) is 0 Å². The summed E-state index contributed by atoms with van der Waals surface area (Å²) in [5.74, 6) is 1.30. The number of rotatable bonds is 1. The van der Waals surface area contributed by atoms with Crippen LogP contribution in [0.2, 0.25) is 0 Å². The maximum atomic E-state index is 12.0. The van der Waals surface area contributed by atoms with Crippen LogP contribution in [0.25, 0.3) is 5.78 Å². The number of H-pyrrole nitrogens is 1. The monoisotopic (exact) mass is 281 g/mol. The third-order valence-corrected chi connectivity index (χ3v) is 3.90. The molecule has 3 aromatic rings. The van der Waals surface area contributed by atoms with Crippen molar-refractivity contribution in [2.75, 3.05) is 6.54 Å². The Morgan fingerprint density at radius 3 is 3.05 bits per heavy atom. The van der Waals surface area contributed by atoms with Gasteiger partial charge in [0.15, 0.2) is 0 Å². The average molecular weight is 281 g/mol. The highest BCUT2D eigenvalue weighted by Crippen LogP contribution is 2.27. The number of hydrogen-bond donors (Lipinski definition) is 2. The van der Waals surface area contributed by atoms with Crippen LogP contribution in [0.3, 0.4) is 0 Å². The van der Waals surface area contributed by atoms with Crippen molar-refractivity contribution in [3.63, 3.8) is 0 Å². The summed E-state index contributed by atoms with van der Waals surface area (Å²) in [5.41, 5.74) is 3.07. The number of fused-ring (bicyclic) bond motifs is 2. The van der Waals surface area contributed by atoms with E-state index in [1.54, 1.807) is 6.92 Å². The zero-order valence-electron chi connectivity index (χ0n) is 11.6. The van der Waals surface area contributed by atoms with Crippen molar-refractivity contribution in [1.29, 1.82) is 0 Å². The van der Waals surface area contributed by atoms with Crippen LogP contribution in [0.1, 0.15) is 28.6 Å². The van der Waals surface area contributed by atoms with Crippen molar-refractivity contribution in [3.05, 3.63) is 63.3 Å². The molecule has 3 heterocycles. The fourth-order valence-electron chi connectivity index (χ4n) is 2.91. The summed E-state index contributed by atoms with van der Waals surface area (Å²) >= 11 is 0. The second-order valence-corrected chi connectivity index (χ2v) is 5.36. The smallest absolute Gasteiger partial charge is 0.274 e. The fourth-order valence-corrected chi connectivity index (χ4v) is 2.91. The highest BCUT2D eigenvalue weighted by Gasteiger charge is 2.24. The summed E-state index contributed by atoms with van der Waals surface area (Å²) in [6, 6.07) is 9.81. The zero-order chi connectivity index (χ0) is 14.4. The molecule has 0 saturated carbocycles. The molecule has 106 valence electrons. The number of nitrogens with one attached hydrogen (secondary N) is 2. The first-order valence-corrected chi connectivity index (χ1v) is 6.97. The van der Waals surface area contributed by atoms with Crippen LogP contribution in [-0.4, -0.2) is 26.1 Å². The normalized spacial score (nSPS) is 17.9. The number of aromatic amines is 1. The first kappa shape index (κ1) is 12.3. The average Bonchev–Trinajstić information content (AvgIpc) is 2.90. The van der Waals surface area contributed by atoms with Crippen LogP contribution in [0.5, 0.6) is 0 Å². The third-order valence-electron chi connectivity index (χ3n) is 3.90. The molecule has 4 rings (SSSR count). The lowest BCUT2D eigenvalue weighted by molar-refractivity contribution is 0.571. The Morgan fingerprint density at radius 1 is 1.29 bits per heavy atom. The molecule has 1 unspecified atom stereocenters. The predicted octanol–water partition coefficient (Wildman–Crippen LogP) is 0.961. The summed E-state index contributed by atoms with van der Waals surface area (Å²) in [5, 5.41) is 6.48. The zero-order valence-corrected chi connectivity index (χ0v) is 11.6. The second-order valence-electron chi connectivity index (χ2n) is 5.36. The van der Waals surface area contributed by atoms with Gasteiger partial charge in [-0.2, -0.15) is 9.50 Å². The summed E-state index contributed by atoms with van der Waals surface area (Å²) in [7, 11) is 0. The molecule has 1 aromatic carbocycles. The standard InChI is InChI=1S/C15H15N5O/c1-9-6-13(21)20-15(17-9)18-14(19-20)12-8-16-7-10-4-2-3-5-11(10)12/h2-6,12,16H,7-8H2,1H3,(H,17,18,19). The van der Waals surface area contributed by atoms with Gasteiger partial charge in [-0.1, -0.05) is 24.3 Å². The first-order chi connectivity index (χ1) is 10.2. The van der Waals surface area contributed by atoms with E-state index in [0.29, 0.717) is 11.5 Å². The van der Waals surface area contributed by atoms with Crippen molar-refractivity contribution in [3.8, 4) is 0 Å². The molecule has 0 aliphatic carbocycles. The SMILES string of the molecule is Cc1cc(=O)n2[nH]c(C3CNCc4ccccc43)nc2n1. The molecule has 0 radical (unpaired) electrons. The molecule has 0 amide bonds. The number of hydrogen-bond acceptors (Lipinski definition) is 4. The largest absolute Gasteiger partial charge is 0.312 e.